The number of benzene rings is 2. The van der Waals surface area contributed by atoms with E-state index in [4.69, 9.17) is 5.73 Å². The van der Waals surface area contributed by atoms with Gasteiger partial charge in [0.05, 0.1) is 10.6 Å². The summed E-state index contributed by atoms with van der Waals surface area (Å²) in [4.78, 5) is -0.133. The van der Waals surface area contributed by atoms with E-state index in [-0.39, 0.29) is 4.90 Å². The quantitative estimate of drug-likeness (QED) is 0.848. The fourth-order valence-corrected chi connectivity index (χ4v) is 2.63. The largest absolute Gasteiger partial charge is 0.398 e. The van der Waals surface area contributed by atoms with Crippen LogP contribution in [0.3, 0.4) is 0 Å². The molecule has 0 saturated carbocycles. The van der Waals surface area contributed by atoms with Crippen molar-refractivity contribution in [3.63, 3.8) is 0 Å². The predicted molar refractivity (Wildman–Crippen MR) is 72.8 cm³/mol. The molecule has 19 heavy (non-hydrogen) atoms. The summed E-state index contributed by atoms with van der Waals surface area (Å²) < 4.78 is 39.5. The van der Waals surface area contributed by atoms with Gasteiger partial charge in [-0.3, -0.25) is 4.72 Å². The van der Waals surface area contributed by atoms with E-state index < -0.39 is 15.8 Å². The number of halogens is 1. The number of aryl methyl sites for hydroxylation is 1. The summed E-state index contributed by atoms with van der Waals surface area (Å²) in [6, 6.07) is 9.63. The van der Waals surface area contributed by atoms with Crippen molar-refractivity contribution >= 4 is 21.4 Å². The van der Waals surface area contributed by atoms with E-state index in [2.05, 4.69) is 4.72 Å². The average molecular weight is 280 g/mol. The molecule has 3 N–H and O–H groups in total. The van der Waals surface area contributed by atoms with Gasteiger partial charge in [-0.2, -0.15) is 0 Å². The van der Waals surface area contributed by atoms with Crippen LogP contribution in [0, 0.1) is 12.7 Å². The van der Waals surface area contributed by atoms with Crippen molar-refractivity contribution in [1.82, 2.24) is 0 Å². The van der Waals surface area contributed by atoms with Crippen molar-refractivity contribution < 1.29 is 12.8 Å². The Hall–Kier alpha value is -2.08. The minimum atomic E-state index is -3.81. The lowest BCUT2D eigenvalue weighted by molar-refractivity contribution is 0.595. The molecule has 0 aliphatic heterocycles. The van der Waals surface area contributed by atoms with Gasteiger partial charge < -0.3 is 5.73 Å². The maximum absolute atomic E-state index is 13.0. The highest BCUT2D eigenvalue weighted by Crippen LogP contribution is 2.20. The third kappa shape index (κ3) is 3.03. The third-order valence-corrected chi connectivity index (χ3v) is 4.02. The van der Waals surface area contributed by atoms with Gasteiger partial charge in [-0.25, -0.2) is 12.8 Å². The van der Waals surface area contributed by atoms with Crippen LogP contribution in [0.15, 0.2) is 47.4 Å². The number of rotatable bonds is 3. The fourth-order valence-electron chi connectivity index (χ4n) is 1.55. The molecule has 0 unspecified atom stereocenters. The first-order valence-electron chi connectivity index (χ1n) is 5.53. The maximum atomic E-state index is 13.0. The smallest absolute Gasteiger partial charge is 0.261 e. The lowest BCUT2D eigenvalue weighted by Gasteiger charge is -2.09. The summed E-state index contributed by atoms with van der Waals surface area (Å²) in [5.74, 6) is -0.605. The van der Waals surface area contributed by atoms with Gasteiger partial charge in [0.25, 0.3) is 10.0 Å². The van der Waals surface area contributed by atoms with Gasteiger partial charge in [0.1, 0.15) is 5.82 Å². The fraction of sp³-hybridized carbons (Fsp3) is 0.0769. The number of sulfonamides is 1. The molecule has 2 aromatic carbocycles. The number of nitrogens with one attached hydrogen (secondary N) is 1. The molecule has 0 fully saturated rings. The number of nitrogens with two attached hydrogens (primary N) is 1. The van der Waals surface area contributed by atoms with Crippen LogP contribution in [0.1, 0.15) is 5.56 Å². The Morgan fingerprint density at radius 2 is 1.89 bits per heavy atom. The normalized spacial score (nSPS) is 11.3. The van der Waals surface area contributed by atoms with Gasteiger partial charge >= 0.3 is 0 Å². The molecule has 6 heteroatoms. The molecule has 0 spiro atoms. The van der Waals surface area contributed by atoms with Gasteiger partial charge in [-0.15, -0.1) is 0 Å². The zero-order valence-corrected chi connectivity index (χ0v) is 11.0. The Morgan fingerprint density at radius 1 is 1.16 bits per heavy atom. The highest BCUT2D eigenvalue weighted by atomic mass is 32.2. The first-order valence-corrected chi connectivity index (χ1v) is 7.01. The Labute approximate surface area is 111 Å². The summed E-state index contributed by atoms with van der Waals surface area (Å²) in [5, 5.41) is 0. The van der Waals surface area contributed by atoms with Gasteiger partial charge in [0.2, 0.25) is 0 Å². The molecule has 0 aromatic heterocycles. The molecule has 0 aliphatic rings. The van der Waals surface area contributed by atoms with Crippen LogP contribution >= 0.6 is 0 Å². The molecule has 0 bridgehead atoms. The minimum Gasteiger partial charge on any atom is -0.398 e. The second kappa shape index (κ2) is 4.89. The monoisotopic (exact) mass is 280 g/mol. The summed E-state index contributed by atoms with van der Waals surface area (Å²) >= 11 is 0. The highest BCUT2D eigenvalue weighted by Gasteiger charge is 2.14. The Bertz CT molecular complexity index is 714. The molecule has 0 aliphatic carbocycles. The van der Waals surface area contributed by atoms with Crippen LogP contribution in [0.5, 0.6) is 0 Å². The van der Waals surface area contributed by atoms with Crippen LogP contribution in [0.4, 0.5) is 15.8 Å². The lowest BCUT2D eigenvalue weighted by atomic mass is 10.2. The van der Waals surface area contributed by atoms with Crippen LogP contribution in [0.2, 0.25) is 0 Å². The van der Waals surface area contributed by atoms with E-state index in [1.807, 2.05) is 6.92 Å². The van der Waals surface area contributed by atoms with Crippen molar-refractivity contribution in [1.29, 1.82) is 0 Å². The molecule has 0 atom stereocenters. The minimum absolute atomic E-state index is 0.133. The van der Waals surface area contributed by atoms with Crippen LogP contribution in [0.25, 0.3) is 0 Å². The topological polar surface area (TPSA) is 72.2 Å². The number of hydrogen-bond acceptors (Lipinski definition) is 3. The Balaban J connectivity index is 2.33. The SMILES string of the molecule is Cc1ccc(NS(=O)(=O)c2cccc(F)c2)cc1N. The van der Waals surface area contributed by atoms with Gasteiger partial charge in [0.15, 0.2) is 0 Å². The Kier molecular flexibility index (Phi) is 3.44. The summed E-state index contributed by atoms with van der Waals surface area (Å²) in [5.41, 5.74) is 7.39. The van der Waals surface area contributed by atoms with Gasteiger partial charge in [-0.05, 0) is 42.8 Å². The maximum Gasteiger partial charge on any atom is 0.261 e. The van der Waals surface area contributed by atoms with Crippen molar-refractivity contribution in [3.05, 3.63) is 53.8 Å². The summed E-state index contributed by atoms with van der Waals surface area (Å²) in [7, 11) is -3.81. The second-order valence-electron chi connectivity index (χ2n) is 4.13. The summed E-state index contributed by atoms with van der Waals surface area (Å²) in [6.45, 7) is 1.82. The molecule has 2 rings (SSSR count). The van der Waals surface area contributed by atoms with E-state index in [9.17, 15) is 12.8 Å². The van der Waals surface area contributed by atoms with Crippen LogP contribution in [-0.2, 0) is 10.0 Å². The highest BCUT2D eigenvalue weighted by molar-refractivity contribution is 7.92. The number of nitrogen functional groups attached to an aromatic ring is 1. The van der Waals surface area contributed by atoms with Crippen molar-refractivity contribution in [2.45, 2.75) is 11.8 Å². The van der Waals surface area contributed by atoms with E-state index in [0.29, 0.717) is 11.4 Å². The van der Waals surface area contributed by atoms with Gasteiger partial charge in [0, 0.05) is 5.69 Å². The molecular weight excluding hydrogens is 267 g/mol. The van der Waals surface area contributed by atoms with Gasteiger partial charge in [-0.1, -0.05) is 12.1 Å². The van der Waals surface area contributed by atoms with Crippen molar-refractivity contribution in [3.8, 4) is 0 Å². The number of hydrogen-bond donors (Lipinski definition) is 2. The van der Waals surface area contributed by atoms with E-state index in [1.54, 1.807) is 12.1 Å². The zero-order chi connectivity index (χ0) is 14.0. The van der Waals surface area contributed by atoms with Crippen LogP contribution < -0.4 is 10.5 Å². The predicted octanol–water partition coefficient (Wildman–Crippen LogP) is 2.52. The van der Waals surface area contributed by atoms with Crippen molar-refractivity contribution in [2.24, 2.45) is 0 Å². The molecule has 2 aromatic rings. The molecule has 100 valence electrons. The molecular formula is C13H13FN2O2S. The second-order valence-corrected chi connectivity index (χ2v) is 5.82. The van der Waals surface area contributed by atoms with E-state index in [1.165, 1.54) is 24.3 Å². The summed E-state index contributed by atoms with van der Waals surface area (Å²) in [6.07, 6.45) is 0. The average Bonchev–Trinajstić information content (AvgIpc) is 2.33. The molecule has 0 saturated heterocycles. The van der Waals surface area contributed by atoms with Crippen molar-refractivity contribution in [2.75, 3.05) is 10.5 Å². The Morgan fingerprint density at radius 3 is 2.53 bits per heavy atom. The molecule has 4 nitrogen and oxygen atoms in total. The molecule has 0 amide bonds. The number of anilines is 2. The lowest BCUT2D eigenvalue weighted by Crippen LogP contribution is -2.13. The zero-order valence-electron chi connectivity index (χ0n) is 10.2. The molecule has 0 heterocycles. The van der Waals surface area contributed by atoms with E-state index >= 15 is 0 Å². The first-order chi connectivity index (χ1) is 8.88. The van der Waals surface area contributed by atoms with Crippen LogP contribution in [-0.4, -0.2) is 8.42 Å². The first kappa shape index (κ1) is 13.4. The van der Waals surface area contributed by atoms with E-state index in [0.717, 1.165) is 11.6 Å². The third-order valence-electron chi connectivity index (χ3n) is 2.64. The standard InChI is InChI=1S/C13H13FN2O2S/c1-9-5-6-11(8-13(9)15)16-19(17,18)12-4-2-3-10(14)7-12/h2-8,16H,15H2,1H3. The molecule has 0 radical (unpaired) electrons.